The van der Waals surface area contributed by atoms with E-state index in [1.54, 1.807) is 19.1 Å². The molecule has 5 nitrogen and oxygen atoms in total. The average Bonchev–Trinajstić information content (AvgIpc) is 3.08. The molecule has 0 spiro atoms. The van der Waals surface area contributed by atoms with Crippen molar-refractivity contribution in [3.8, 4) is 5.75 Å². The molecule has 0 fully saturated rings. The van der Waals surface area contributed by atoms with Gasteiger partial charge in [0.15, 0.2) is 0 Å². The largest absolute Gasteiger partial charge is 0.497 e. The molecule has 1 atom stereocenters. The number of hydrogen-bond acceptors (Lipinski definition) is 5. The molecular formula is C20H26N4OS. The van der Waals surface area contributed by atoms with E-state index in [0.717, 1.165) is 23.0 Å². The third-order valence-corrected chi connectivity index (χ3v) is 5.24. The summed E-state index contributed by atoms with van der Waals surface area (Å²) >= 11 is 1.63. The topological polar surface area (TPSA) is 52.3 Å². The number of fused-ring (bicyclic) bond motifs is 1. The summed E-state index contributed by atoms with van der Waals surface area (Å²) in [7, 11) is 5.88. The van der Waals surface area contributed by atoms with Crippen LogP contribution in [0.3, 0.4) is 0 Å². The highest BCUT2D eigenvalue weighted by Gasteiger charge is 2.13. The van der Waals surface area contributed by atoms with E-state index in [0.29, 0.717) is 6.04 Å². The van der Waals surface area contributed by atoms with Gasteiger partial charge in [-0.05, 0) is 81.0 Å². The van der Waals surface area contributed by atoms with Gasteiger partial charge in [-0.25, -0.2) is 0 Å². The van der Waals surface area contributed by atoms with Crippen LogP contribution in [0.15, 0.2) is 48.7 Å². The zero-order chi connectivity index (χ0) is 18.5. The van der Waals surface area contributed by atoms with Gasteiger partial charge in [-0.2, -0.15) is 0 Å². The first-order valence-electron chi connectivity index (χ1n) is 8.61. The third-order valence-electron chi connectivity index (χ3n) is 4.57. The summed E-state index contributed by atoms with van der Waals surface area (Å²) in [6.07, 6.45) is 2.11. The second kappa shape index (κ2) is 8.38. The summed E-state index contributed by atoms with van der Waals surface area (Å²) < 4.78 is 8.59. The zero-order valence-corrected chi connectivity index (χ0v) is 16.5. The molecule has 3 rings (SSSR count). The maximum absolute atomic E-state index is 5.17. The van der Waals surface area contributed by atoms with E-state index < -0.39 is 0 Å². The number of aromatic amines is 1. The fourth-order valence-corrected chi connectivity index (χ4v) is 3.38. The SMILES string of the molecule is COc1ccc(NCSNc2ccc3[nH]cc(C(C)N(C)C)c3c2)cc1. The van der Waals surface area contributed by atoms with E-state index in [1.165, 1.54) is 16.5 Å². The highest BCUT2D eigenvalue weighted by Crippen LogP contribution is 2.29. The first-order chi connectivity index (χ1) is 12.6. The van der Waals surface area contributed by atoms with Crippen LogP contribution in [0.4, 0.5) is 11.4 Å². The Hall–Kier alpha value is -2.31. The van der Waals surface area contributed by atoms with Crippen molar-refractivity contribution in [2.45, 2.75) is 13.0 Å². The fraction of sp³-hybridized carbons (Fsp3) is 0.300. The lowest BCUT2D eigenvalue weighted by atomic mass is 10.1. The zero-order valence-electron chi connectivity index (χ0n) is 15.7. The Labute approximate surface area is 159 Å². The van der Waals surface area contributed by atoms with Gasteiger partial charge in [-0.15, -0.1) is 0 Å². The number of aromatic nitrogens is 1. The molecule has 0 saturated carbocycles. The van der Waals surface area contributed by atoms with Crippen molar-refractivity contribution in [1.82, 2.24) is 9.88 Å². The predicted octanol–water partition coefficient (Wildman–Crippen LogP) is 4.93. The molecule has 1 unspecified atom stereocenters. The van der Waals surface area contributed by atoms with Crippen LogP contribution in [-0.2, 0) is 0 Å². The highest BCUT2D eigenvalue weighted by atomic mass is 32.2. The molecule has 2 aromatic carbocycles. The van der Waals surface area contributed by atoms with E-state index in [9.17, 15) is 0 Å². The lowest BCUT2D eigenvalue weighted by Gasteiger charge is -2.19. The van der Waals surface area contributed by atoms with Crippen LogP contribution in [-0.4, -0.2) is 37.0 Å². The molecule has 0 bridgehead atoms. The standard InChI is InChI=1S/C20H26N4OS/c1-14(24(2)3)19-12-21-20-10-7-16(11-18(19)20)23-26-13-22-15-5-8-17(25-4)9-6-15/h5-12,14,21-23H,13H2,1-4H3. The minimum absolute atomic E-state index is 0.364. The molecule has 6 heteroatoms. The van der Waals surface area contributed by atoms with Gasteiger partial charge in [0, 0.05) is 34.5 Å². The summed E-state index contributed by atoms with van der Waals surface area (Å²) in [5.74, 6) is 1.63. The first kappa shape index (κ1) is 18.5. The quantitative estimate of drug-likeness (QED) is 0.298. The Kier molecular flexibility index (Phi) is 5.96. The summed E-state index contributed by atoms with van der Waals surface area (Å²) in [4.78, 5) is 5.58. The number of nitrogens with zero attached hydrogens (tertiary/aromatic N) is 1. The second-order valence-corrected chi connectivity index (χ2v) is 7.22. The fourth-order valence-electron chi connectivity index (χ4n) is 2.78. The van der Waals surface area contributed by atoms with Gasteiger partial charge in [-0.1, -0.05) is 0 Å². The Balaban J connectivity index is 1.59. The van der Waals surface area contributed by atoms with Gasteiger partial charge in [-0.3, -0.25) is 0 Å². The van der Waals surface area contributed by atoms with Gasteiger partial charge < -0.3 is 24.7 Å². The van der Waals surface area contributed by atoms with Gasteiger partial charge in [0.25, 0.3) is 0 Å². The third kappa shape index (κ3) is 4.26. The van der Waals surface area contributed by atoms with Gasteiger partial charge >= 0.3 is 0 Å². The number of anilines is 2. The Morgan fingerprint density at radius 1 is 1.12 bits per heavy atom. The van der Waals surface area contributed by atoms with Crippen LogP contribution in [0.5, 0.6) is 5.75 Å². The van der Waals surface area contributed by atoms with Crippen molar-refractivity contribution in [2.75, 3.05) is 37.1 Å². The van der Waals surface area contributed by atoms with Crippen molar-refractivity contribution in [3.63, 3.8) is 0 Å². The lowest BCUT2D eigenvalue weighted by Crippen LogP contribution is -2.16. The van der Waals surface area contributed by atoms with E-state index in [2.05, 4.69) is 65.3 Å². The summed E-state index contributed by atoms with van der Waals surface area (Å²) in [5, 5.41) is 4.64. The average molecular weight is 371 g/mol. The minimum Gasteiger partial charge on any atom is -0.497 e. The molecule has 3 aromatic rings. The number of hydrogen-bond donors (Lipinski definition) is 3. The molecule has 1 heterocycles. The van der Waals surface area contributed by atoms with E-state index in [4.69, 9.17) is 4.74 Å². The summed E-state index contributed by atoms with van der Waals surface area (Å²) in [6, 6.07) is 14.7. The van der Waals surface area contributed by atoms with Crippen molar-refractivity contribution >= 4 is 34.2 Å². The van der Waals surface area contributed by atoms with E-state index in [1.807, 2.05) is 24.3 Å². The molecule has 0 saturated heterocycles. The minimum atomic E-state index is 0.364. The van der Waals surface area contributed by atoms with Gasteiger partial charge in [0.1, 0.15) is 5.75 Å². The van der Waals surface area contributed by atoms with Crippen LogP contribution in [0, 0.1) is 0 Å². The van der Waals surface area contributed by atoms with Crippen LogP contribution >= 0.6 is 11.9 Å². The van der Waals surface area contributed by atoms with Crippen molar-refractivity contribution in [1.29, 1.82) is 0 Å². The second-order valence-electron chi connectivity index (χ2n) is 6.44. The number of methoxy groups -OCH3 is 1. The number of rotatable bonds is 8. The molecule has 0 aliphatic carbocycles. The van der Waals surface area contributed by atoms with E-state index in [-0.39, 0.29) is 0 Å². The number of H-pyrrole nitrogens is 1. The molecule has 0 aliphatic heterocycles. The molecule has 0 radical (unpaired) electrons. The Morgan fingerprint density at radius 2 is 1.85 bits per heavy atom. The monoisotopic (exact) mass is 370 g/mol. The highest BCUT2D eigenvalue weighted by molar-refractivity contribution is 8.00. The first-order valence-corrected chi connectivity index (χ1v) is 9.60. The molecule has 0 amide bonds. The number of ether oxygens (including phenoxy) is 1. The van der Waals surface area contributed by atoms with Crippen LogP contribution in [0.1, 0.15) is 18.5 Å². The van der Waals surface area contributed by atoms with Crippen molar-refractivity contribution in [2.24, 2.45) is 0 Å². The lowest BCUT2D eigenvalue weighted by molar-refractivity contribution is 0.323. The maximum Gasteiger partial charge on any atom is 0.119 e. The molecule has 26 heavy (non-hydrogen) atoms. The molecule has 0 aliphatic rings. The Morgan fingerprint density at radius 3 is 2.54 bits per heavy atom. The van der Waals surface area contributed by atoms with E-state index >= 15 is 0 Å². The number of nitrogens with one attached hydrogen (secondary N) is 3. The van der Waals surface area contributed by atoms with Crippen molar-refractivity contribution < 1.29 is 4.74 Å². The molecule has 3 N–H and O–H groups in total. The predicted molar refractivity (Wildman–Crippen MR) is 113 cm³/mol. The normalized spacial score (nSPS) is 12.3. The van der Waals surface area contributed by atoms with Gasteiger partial charge in [0.05, 0.1) is 13.0 Å². The molecular weight excluding hydrogens is 344 g/mol. The van der Waals surface area contributed by atoms with Crippen LogP contribution < -0.4 is 14.8 Å². The maximum atomic E-state index is 5.17. The molecule has 1 aromatic heterocycles. The Bertz CT molecular complexity index is 845. The van der Waals surface area contributed by atoms with Crippen molar-refractivity contribution in [3.05, 3.63) is 54.2 Å². The van der Waals surface area contributed by atoms with Gasteiger partial charge in [0.2, 0.25) is 0 Å². The summed E-state index contributed by atoms with van der Waals surface area (Å²) in [6.45, 7) is 2.22. The number of benzene rings is 2. The van der Waals surface area contributed by atoms with Crippen LogP contribution in [0.2, 0.25) is 0 Å². The molecule has 138 valence electrons. The smallest absolute Gasteiger partial charge is 0.119 e. The summed E-state index contributed by atoms with van der Waals surface area (Å²) in [5.41, 5.74) is 4.66. The van der Waals surface area contributed by atoms with Crippen LogP contribution in [0.25, 0.3) is 10.9 Å².